The summed E-state index contributed by atoms with van der Waals surface area (Å²) in [5, 5.41) is 8.81. The largest absolute Gasteiger partial charge is 0.326 e. The molecule has 0 atom stereocenters. The minimum Gasteiger partial charge on any atom is -0.326 e. The van der Waals surface area contributed by atoms with Crippen molar-refractivity contribution in [1.29, 1.82) is 5.26 Å². The number of rotatable bonds is 1. The van der Waals surface area contributed by atoms with Gasteiger partial charge in [0.1, 0.15) is 0 Å². The molecule has 0 bridgehead atoms. The normalized spacial score (nSPS) is 15.2. The summed E-state index contributed by atoms with van der Waals surface area (Å²) in [5.41, 5.74) is 6.94. The Bertz CT molecular complexity index is 353. The minimum atomic E-state index is 0.229. The molecule has 0 radical (unpaired) electrons. The Morgan fingerprint density at radius 3 is 3.23 bits per heavy atom. The quantitative estimate of drug-likeness (QED) is 0.680. The Kier molecular flexibility index (Phi) is 2.39. The van der Waals surface area contributed by atoms with Gasteiger partial charge in [-0.3, -0.25) is 0 Å². The van der Waals surface area contributed by atoms with Gasteiger partial charge in [0.15, 0.2) is 0 Å². The Morgan fingerprint density at radius 1 is 1.69 bits per heavy atom. The van der Waals surface area contributed by atoms with E-state index in [0.717, 1.165) is 19.1 Å². The van der Waals surface area contributed by atoms with E-state index >= 15 is 0 Å². The number of nitrogens with two attached hydrogens (primary N) is 1. The van der Waals surface area contributed by atoms with E-state index in [2.05, 4.69) is 12.0 Å². The zero-order chi connectivity index (χ0) is 9.26. The number of hydrogen-bond acceptors (Lipinski definition) is 3. The van der Waals surface area contributed by atoms with Crippen molar-refractivity contribution in [3.8, 4) is 5.97 Å². The van der Waals surface area contributed by atoms with E-state index in [1.807, 2.05) is 11.3 Å². The molecular weight excluding hydrogens is 179 g/mol. The first kappa shape index (κ1) is 8.80. The minimum absolute atomic E-state index is 0.229. The average Bonchev–Trinajstić information content (AvgIpc) is 2.58. The summed E-state index contributed by atoms with van der Waals surface area (Å²) in [4.78, 5) is 2.70. The Labute approximate surface area is 82.4 Å². The van der Waals surface area contributed by atoms with Crippen LogP contribution in [0.2, 0.25) is 6.32 Å². The molecular formula is C9H11BN2S. The van der Waals surface area contributed by atoms with Gasteiger partial charge in [0.25, 0.3) is 6.71 Å². The number of thiophene rings is 1. The van der Waals surface area contributed by atoms with Crippen molar-refractivity contribution < 1.29 is 0 Å². The summed E-state index contributed by atoms with van der Waals surface area (Å²) in [6.07, 6.45) is 3.02. The molecule has 1 aromatic heterocycles. The lowest BCUT2D eigenvalue weighted by atomic mass is 9.43. The second-order valence-corrected chi connectivity index (χ2v) is 4.66. The van der Waals surface area contributed by atoms with Gasteiger partial charge in [-0.05, 0) is 24.4 Å². The Hall–Kier alpha value is -0.785. The molecule has 2 nitrogen and oxygen atoms in total. The molecule has 0 spiro atoms. The Morgan fingerprint density at radius 2 is 2.54 bits per heavy atom. The van der Waals surface area contributed by atoms with Gasteiger partial charge in [-0.25, -0.2) is 5.26 Å². The van der Waals surface area contributed by atoms with Crippen molar-refractivity contribution in [2.45, 2.75) is 25.6 Å². The summed E-state index contributed by atoms with van der Waals surface area (Å²) in [7, 11) is 0. The van der Waals surface area contributed by atoms with E-state index in [9.17, 15) is 0 Å². The first-order valence-corrected chi connectivity index (χ1v) is 5.35. The lowest BCUT2D eigenvalue weighted by Crippen LogP contribution is -2.20. The van der Waals surface area contributed by atoms with Crippen molar-refractivity contribution in [3.63, 3.8) is 0 Å². The molecule has 1 aliphatic rings. The van der Waals surface area contributed by atoms with E-state index in [4.69, 9.17) is 11.0 Å². The lowest BCUT2D eigenvalue weighted by molar-refractivity contribution is 1.06. The van der Waals surface area contributed by atoms with Crippen LogP contribution in [0.4, 0.5) is 0 Å². The summed E-state index contributed by atoms with van der Waals surface area (Å²) in [5.74, 6) is 2.35. The maximum absolute atomic E-state index is 8.81. The molecule has 2 rings (SSSR count). The van der Waals surface area contributed by atoms with Crippen LogP contribution in [0.5, 0.6) is 0 Å². The fourth-order valence-electron chi connectivity index (χ4n) is 1.80. The molecule has 13 heavy (non-hydrogen) atoms. The van der Waals surface area contributed by atoms with E-state index in [1.54, 1.807) is 0 Å². The van der Waals surface area contributed by atoms with Crippen LogP contribution in [0.25, 0.3) is 0 Å². The third kappa shape index (κ3) is 1.62. The van der Waals surface area contributed by atoms with Crippen molar-refractivity contribution in [2.75, 3.05) is 0 Å². The molecule has 2 heterocycles. The molecule has 0 amide bonds. The van der Waals surface area contributed by atoms with Gasteiger partial charge in [0.2, 0.25) is 0 Å². The monoisotopic (exact) mass is 190 g/mol. The van der Waals surface area contributed by atoms with Crippen LogP contribution in [0.3, 0.4) is 0 Å². The molecule has 0 aliphatic carbocycles. The van der Waals surface area contributed by atoms with Crippen LogP contribution in [0.1, 0.15) is 15.3 Å². The highest BCUT2D eigenvalue weighted by Gasteiger charge is 2.23. The van der Waals surface area contributed by atoms with Crippen molar-refractivity contribution in [3.05, 3.63) is 21.4 Å². The van der Waals surface area contributed by atoms with Gasteiger partial charge in [0, 0.05) is 22.3 Å². The molecule has 1 aliphatic heterocycles. The fourth-order valence-corrected chi connectivity index (χ4v) is 2.89. The number of nitriles is 1. The summed E-state index contributed by atoms with van der Waals surface area (Å²) < 4.78 is 0. The van der Waals surface area contributed by atoms with Crippen LogP contribution in [-0.2, 0) is 19.3 Å². The molecule has 0 fully saturated rings. The topological polar surface area (TPSA) is 49.8 Å². The molecule has 2 N–H and O–H groups in total. The number of nitrogens with zero attached hydrogens (tertiary/aromatic N) is 1. The van der Waals surface area contributed by atoms with Gasteiger partial charge in [-0.1, -0.05) is 6.32 Å². The third-order valence-corrected chi connectivity index (χ3v) is 3.78. The van der Waals surface area contributed by atoms with Crippen LogP contribution in [-0.4, -0.2) is 6.71 Å². The summed E-state index contributed by atoms with van der Waals surface area (Å²) in [6.45, 7) is 0.863. The predicted molar refractivity (Wildman–Crippen MR) is 55.8 cm³/mol. The molecule has 0 unspecified atom stereocenters. The second-order valence-electron chi connectivity index (χ2n) is 3.43. The van der Waals surface area contributed by atoms with Gasteiger partial charge in [-0.2, -0.15) is 0 Å². The van der Waals surface area contributed by atoms with E-state index in [-0.39, 0.29) is 6.71 Å². The molecule has 0 saturated carbocycles. The first-order valence-electron chi connectivity index (χ1n) is 4.53. The highest BCUT2D eigenvalue weighted by atomic mass is 32.1. The van der Waals surface area contributed by atoms with Gasteiger partial charge in [-0.15, -0.1) is 11.3 Å². The van der Waals surface area contributed by atoms with Crippen molar-refractivity contribution >= 4 is 18.0 Å². The molecule has 0 aromatic carbocycles. The standard InChI is InChI=1S/C9H11BN2S/c11-5-8-3-7-4-10(6-12)2-1-9(7)13-8/h3H,1-2,4-5,11H2. The Balaban J connectivity index is 2.25. The number of fused-ring (bicyclic) bond motifs is 1. The summed E-state index contributed by atoms with van der Waals surface area (Å²) >= 11 is 1.81. The summed E-state index contributed by atoms with van der Waals surface area (Å²) in [6, 6.07) is 2.17. The van der Waals surface area contributed by atoms with Crippen LogP contribution in [0.15, 0.2) is 6.07 Å². The van der Waals surface area contributed by atoms with E-state index in [0.29, 0.717) is 6.54 Å². The molecule has 66 valence electrons. The van der Waals surface area contributed by atoms with Gasteiger partial charge >= 0.3 is 0 Å². The van der Waals surface area contributed by atoms with Crippen molar-refractivity contribution in [1.82, 2.24) is 0 Å². The first-order chi connectivity index (χ1) is 6.33. The van der Waals surface area contributed by atoms with E-state index < -0.39 is 0 Å². The van der Waals surface area contributed by atoms with Crippen LogP contribution < -0.4 is 5.73 Å². The van der Waals surface area contributed by atoms with Gasteiger partial charge < -0.3 is 5.73 Å². The third-order valence-electron chi connectivity index (χ3n) is 2.52. The highest BCUT2D eigenvalue weighted by Crippen LogP contribution is 2.29. The average molecular weight is 190 g/mol. The molecule has 1 aromatic rings. The second kappa shape index (κ2) is 3.53. The number of aryl methyl sites for hydroxylation is 1. The van der Waals surface area contributed by atoms with Crippen LogP contribution in [0, 0.1) is 11.2 Å². The number of hydrogen-bond donors (Lipinski definition) is 1. The lowest BCUT2D eigenvalue weighted by Gasteiger charge is -2.11. The smallest absolute Gasteiger partial charge is 0.272 e. The van der Waals surface area contributed by atoms with Crippen LogP contribution >= 0.6 is 11.3 Å². The highest BCUT2D eigenvalue weighted by molar-refractivity contribution is 7.12. The maximum Gasteiger partial charge on any atom is 0.272 e. The maximum atomic E-state index is 8.81. The zero-order valence-corrected chi connectivity index (χ0v) is 8.23. The zero-order valence-electron chi connectivity index (χ0n) is 7.42. The predicted octanol–water partition coefficient (Wildman–Crippen LogP) is 1.40. The molecule has 0 saturated heterocycles. The SMILES string of the molecule is N#CB1CCc2sc(CN)cc2C1. The fraction of sp³-hybridized carbons (Fsp3) is 0.444. The van der Waals surface area contributed by atoms with E-state index in [1.165, 1.54) is 15.3 Å². The van der Waals surface area contributed by atoms with Gasteiger partial charge in [0.05, 0.1) is 0 Å². The molecule has 4 heteroatoms. The van der Waals surface area contributed by atoms with Crippen molar-refractivity contribution in [2.24, 2.45) is 5.73 Å².